The molecule has 1 aromatic rings. The van der Waals surface area contributed by atoms with E-state index >= 15 is 0 Å². The second kappa shape index (κ2) is 5.55. The topological polar surface area (TPSA) is 0 Å². The predicted molar refractivity (Wildman–Crippen MR) is 68.9 cm³/mol. The Labute approximate surface area is 93.3 Å². The molecule has 0 spiro atoms. The lowest BCUT2D eigenvalue weighted by Gasteiger charge is -2.02. The van der Waals surface area contributed by atoms with Gasteiger partial charge in [0.05, 0.1) is 0 Å². The van der Waals surface area contributed by atoms with E-state index in [2.05, 4.69) is 57.7 Å². The minimum absolute atomic E-state index is 1.09. The molecule has 0 aliphatic carbocycles. The van der Waals surface area contributed by atoms with Crippen molar-refractivity contribution in [3.8, 4) is 0 Å². The first-order valence-corrected chi connectivity index (χ1v) is 5.48. The van der Waals surface area contributed by atoms with Crippen LogP contribution >= 0.6 is 0 Å². The minimum Gasteiger partial charge on any atom is -0.100 e. The van der Waals surface area contributed by atoms with Crippen LogP contribution in [0, 0.1) is 6.92 Å². The van der Waals surface area contributed by atoms with Crippen LogP contribution < -0.4 is 0 Å². The number of allylic oxidation sites excluding steroid dienone is 3. The van der Waals surface area contributed by atoms with Gasteiger partial charge in [0, 0.05) is 0 Å². The first-order chi connectivity index (χ1) is 7.09. The Kier molecular flexibility index (Phi) is 4.36. The lowest BCUT2D eigenvalue weighted by Crippen LogP contribution is -1.81. The van der Waals surface area contributed by atoms with E-state index in [1.807, 2.05) is 0 Å². The lowest BCUT2D eigenvalue weighted by molar-refractivity contribution is 0.984. The van der Waals surface area contributed by atoms with Crippen LogP contribution in [0.3, 0.4) is 0 Å². The first kappa shape index (κ1) is 11.8. The van der Waals surface area contributed by atoms with Crippen LogP contribution in [-0.4, -0.2) is 0 Å². The zero-order valence-corrected chi connectivity index (χ0v) is 10.0. The van der Waals surface area contributed by atoms with Crippen molar-refractivity contribution >= 4 is 5.57 Å². The normalized spacial score (nSPS) is 11.5. The highest BCUT2D eigenvalue weighted by Gasteiger charge is 1.94. The molecule has 0 aliphatic heterocycles. The number of aryl methyl sites for hydroxylation is 1. The second-order valence-corrected chi connectivity index (χ2v) is 4.25. The zero-order chi connectivity index (χ0) is 11.3. The Morgan fingerprint density at radius 2 is 1.80 bits per heavy atom. The summed E-state index contributed by atoms with van der Waals surface area (Å²) in [6.07, 6.45) is 4.47. The molecule has 80 valence electrons. The van der Waals surface area contributed by atoms with Gasteiger partial charge in [-0.05, 0) is 44.7 Å². The molecule has 0 N–H and O–H groups in total. The van der Waals surface area contributed by atoms with Crippen LogP contribution in [0.5, 0.6) is 0 Å². The maximum Gasteiger partial charge on any atom is -0.0230 e. The average molecular weight is 200 g/mol. The standard InChI is InChI=1S/C15H20/c1-12(2)6-5-7-14(4)15-10-8-13(3)9-11-15/h7-11H,1,5-6H2,2-4H3. The molecule has 0 bridgehead atoms. The Morgan fingerprint density at radius 3 is 2.33 bits per heavy atom. The highest BCUT2D eigenvalue weighted by Crippen LogP contribution is 2.16. The van der Waals surface area contributed by atoms with Gasteiger partial charge in [-0.3, -0.25) is 0 Å². The molecule has 0 radical (unpaired) electrons. The summed E-state index contributed by atoms with van der Waals surface area (Å²) in [5.41, 5.74) is 5.25. The van der Waals surface area contributed by atoms with E-state index in [9.17, 15) is 0 Å². The Bertz CT molecular complexity index is 352. The maximum atomic E-state index is 3.91. The predicted octanol–water partition coefficient (Wildman–Crippen LogP) is 4.75. The summed E-state index contributed by atoms with van der Waals surface area (Å²) in [6, 6.07) is 8.68. The van der Waals surface area contributed by atoms with Crippen LogP contribution in [0.4, 0.5) is 0 Å². The molecular weight excluding hydrogens is 180 g/mol. The molecule has 0 saturated carbocycles. The van der Waals surface area contributed by atoms with Crippen molar-refractivity contribution < 1.29 is 0 Å². The van der Waals surface area contributed by atoms with Crippen molar-refractivity contribution in [2.75, 3.05) is 0 Å². The number of hydrogen-bond acceptors (Lipinski definition) is 0. The average Bonchev–Trinajstić information content (AvgIpc) is 2.18. The molecule has 1 aromatic carbocycles. The third-order valence-electron chi connectivity index (χ3n) is 2.53. The van der Waals surface area contributed by atoms with Gasteiger partial charge in [-0.1, -0.05) is 41.5 Å². The van der Waals surface area contributed by atoms with E-state index in [4.69, 9.17) is 0 Å². The summed E-state index contributed by atoms with van der Waals surface area (Å²) in [5.74, 6) is 0. The Balaban J connectivity index is 2.63. The van der Waals surface area contributed by atoms with Gasteiger partial charge in [-0.15, -0.1) is 6.58 Å². The van der Waals surface area contributed by atoms with Crippen LogP contribution in [0.15, 0.2) is 42.5 Å². The summed E-state index contributed by atoms with van der Waals surface area (Å²) in [6.45, 7) is 10.3. The third-order valence-corrected chi connectivity index (χ3v) is 2.53. The molecule has 0 aromatic heterocycles. The summed E-state index contributed by atoms with van der Waals surface area (Å²) in [4.78, 5) is 0. The van der Waals surface area contributed by atoms with Gasteiger partial charge in [0.15, 0.2) is 0 Å². The van der Waals surface area contributed by atoms with Crippen LogP contribution in [-0.2, 0) is 0 Å². The van der Waals surface area contributed by atoms with Gasteiger partial charge in [-0.25, -0.2) is 0 Å². The van der Waals surface area contributed by atoms with E-state index in [1.165, 1.54) is 22.3 Å². The molecule has 15 heavy (non-hydrogen) atoms. The van der Waals surface area contributed by atoms with Gasteiger partial charge >= 0.3 is 0 Å². The molecule has 0 aliphatic rings. The second-order valence-electron chi connectivity index (χ2n) is 4.25. The number of hydrogen-bond donors (Lipinski definition) is 0. The molecule has 0 heteroatoms. The third kappa shape index (κ3) is 4.16. The van der Waals surface area contributed by atoms with Crippen molar-refractivity contribution in [1.29, 1.82) is 0 Å². The molecule has 0 nitrogen and oxygen atoms in total. The Morgan fingerprint density at radius 1 is 1.20 bits per heavy atom. The van der Waals surface area contributed by atoms with Crippen LogP contribution in [0.1, 0.15) is 37.8 Å². The lowest BCUT2D eigenvalue weighted by atomic mass is 10.0. The fourth-order valence-corrected chi connectivity index (χ4v) is 1.47. The van der Waals surface area contributed by atoms with Crippen molar-refractivity contribution in [2.24, 2.45) is 0 Å². The smallest absolute Gasteiger partial charge is 0.0230 e. The fraction of sp³-hybridized carbons (Fsp3) is 0.333. The molecule has 0 fully saturated rings. The van der Waals surface area contributed by atoms with Crippen LogP contribution in [0.2, 0.25) is 0 Å². The van der Waals surface area contributed by atoms with Crippen molar-refractivity contribution in [1.82, 2.24) is 0 Å². The number of benzene rings is 1. The summed E-state index contributed by atoms with van der Waals surface area (Å²) in [5, 5.41) is 0. The van der Waals surface area contributed by atoms with E-state index < -0.39 is 0 Å². The Hall–Kier alpha value is -1.30. The molecule has 0 unspecified atom stereocenters. The van der Waals surface area contributed by atoms with Gasteiger partial charge in [0.2, 0.25) is 0 Å². The van der Waals surface area contributed by atoms with Crippen LogP contribution in [0.25, 0.3) is 5.57 Å². The quantitative estimate of drug-likeness (QED) is 0.615. The van der Waals surface area contributed by atoms with E-state index in [0.29, 0.717) is 0 Å². The zero-order valence-electron chi connectivity index (χ0n) is 10.0. The van der Waals surface area contributed by atoms with Gasteiger partial charge in [-0.2, -0.15) is 0 Å². The van der Waals surface area contributed by atoms with Crippen molar-refractivity contribution in [3.63, 3.8) is 0 Å². The molecule has 0 atom stereocenters. The SMILES string of the molecule is C=C(C)CCC=C(C)c1ccc(C)cc1. The summed E-state index contributed by atoms with van der Waals surface area (Å²) >= 11 is 0. The molecule has 0 amide bonds. The van der Waals surface area contributed by atoms with E-state index in [0.717, 1.165) is 12.8 Å². The van der Waals surface area contributed by atoms with E-state index in [1.54, 1.807) is 0 Å². The van der Waals surface area contributed by atoms with Crippen molar-refractivity contribution in [3.05, 3.63) is 53.6 Å². The number of rotatable bonds is 4. The molecule has 0 saturated heterocycles. The van der Waals surface area contributed by atoms with Gasteiger partial charge in [0.1, 0.15) is 0 Å². The highest BCUT2D eigenvalue weighted by atomic mass is 14.0. The summed E-state index contributed by atoms with van der Waals surface area (Å²) < 4.78 is 0. The van der Waals surface area contributed by atoms with Gasteiger partial charge in [0.25, 0.3) is 0 Å². The maximum absolute atomic E-state index is 3.91. The first-order valence-electron chi connectivity index (χ1n) is 5.48. The fourth-order valence-electron chi connectivity index (χ4n) is 1.47. The monoisotopic (exact) mass is 200 g/mol. The minimum atomic E-state index is 1.09. The van der Waals surface area contributed by atoms with Crippen molar-refractivity contribution in [2.45, 2.75) is 33.6 Å². The largest absolute Gasteiger partial charge is 0.100 e. The van der Waals surface area contributed by atoms with E-state index in [-0.39, 0.29) is 0 Å². The molecular formula is C15H20. The van der Waals surface area contributed by atoms with Gasteiger partial charge < -0.3 is 0 Å². The summed E-state index contributed by atoms with van der Waals surface area (Å²) in [7, 11) is 0. The molecule has 1 rings (SSSR count). The molecule has 0 heterocycles. The highest BCUT2D eigenvalue weighted by molar-refractivity contribution is 5.63.